The first-order valence-corrected chi connectivity index (χ1v) is 6.06. The average molecular weight is 244 g/mol. The summed E-state index contributed by atoms with van der Waals surface area (Å²) in [5, 5.41) is 2.47. The summed E-state index contributed by atoms with van der Waals surface area (Å²) < 4.78 is 24.8. The van der Waals surface area contributed by atoms with Crippen molar-refractivity contribution < 1.29 is 13.4 Å². The Morgan fingerprint density at radius 3 is 2.75 bits per heavy atom. The van der Waals surface area contributed by atoms with Gasteiger partial charge in [-0.15, -0.1) is 0 Å². The second-order valence-electron chi connectivity index (χ2n) is 3.06. The fourth-order valence-electron chi connectivity index (χ4n) is 1.09. The van der Waals surface area contributed by atoms with Crippen LogP contribution in [-0.2, 0) is 15.6 Å². The minimum Gasteiger partial charge on any atom is -0.354 e. The highest BCUT2D eigenvalue weighted by Crippen LogP contribution is 2.11. The van der Waals surface area contributed by atoms with Gasteiger partial charge in [0, 0.05) is 13.1 Å². The van der Waals surface area contributed by atoms with E-state index in [1.165, 1.54) is 18.2 Å². The normalized spacial score (nSPS) is 12.1. The number of carbonyl (C=O) groups excluding carboxylic acids is 1. The number of nitrogens with two attached hydrogens (primary N) is 1. The molecule has 4 nitrogen and oxygen atoms in total. The Morgan fingerprint density at radius 2 is 2.12 bits per heavy atom. The molecule has 0 aromatic heterocycles. The number of nitrogens with one attached hydrogen (secondary N) is 1. The molecule has 0 aliphatic carbocycles. The van der Waals surface area contributed by atoms with Gasteiger partial charge in [0.25, 0.3) is 0 Å². The van der Waals surface area contributed by atoms with Crippen LogP contribution in [0.25, 0.3) is 0 Å². The van der Waals surface area contributed by atoms with Gasteiger partial charge in [-0.3, -0.25) is 9.00 Å². The van der Waals surface area contributed by atoms with E-state index in [1.807, 2.05) is 0 Å². The molecule has 0 saturated heterocycles. The van der Waals surface area contributed by atoms with Crippen LogP contribution in [-0.4, -0.2) is 29.0 Å². The van der Waals surface area contributed by atoms with Crippen molar-refractivity contribution in [3.8, 4) is 0 Å². The van der Waals surface area contributed by atoms with Crippen molar-refractivity contribution in [1.82, 2.24) is 5.32 Å². The van der Waals surface area contributed by atoms with Gasteiger partial charge in [-0.2, -0.15) is 0 Å². The van der Waals surface area contributed by atoms with Crippen LogP contribution in [0, 0.1) is 5.82 Å². The Balaban J connectivity index is 2.59. The second kappa shape index (κ2) is 6.34. The van der Waals surface area contributed by atoms with Gasteiger partial charge in [0.2, 0.25) is 5.91 Å². The van der Waals surface area contributed by atoms with Gasteiger partial charge in [0.1, 0.15) is 11.6 Å². The van der Waals surface area contributed by atoms with Crippen molar-refractivity contribution in [2.45, 2.75) is 4.90 Å². The summed E-state index contributed by atoms with van der Waals surface area (Å²) in [6.07, 6.45) is 0. The number of carbonyl (C=O) groups is 1. The molecule has 0 fully saturated rings. The zero-order chi connectivity index (χ0) is 12.0. The summed E-state index contributed by atoms with van der Waals surface area (Å²) in [5.41, 5.74) is 5.19. The molecule has 0 radical (unpaired) electrons. The summed E-state index contributed by atoms with van der Waals surface area (Å²) in [6.45, 7) is 0.644. The monoisotopic (exact) mass is 244 g/mol. The topological polar surface area (TPSA) is 72.2 Å². The number of hydrogen-bond acceptors (Lipinski definition) is 3. The lowest BCUT2D eigenvalue weighted by Crippen LogP contribution is -2.32. The van der Waals surface area contributed by atoms with Crippen molar-refractivity contribution in [2.75, 3.05) is 18.8 Å². The fraction of sp³-hybridized carbons (Fsp3) is 0.300. The zero-order valence-corrected chi connectivity index (χ0v) is 9.43. The van der Waals surface area contributed by atoms with Crippen molar-refractivity contribution in [1.29, 1.82) is 0 Å². The molecular formula is C10H13FN2O2S. The van der Waals surface area contributed by atoms with Crippen LogP contribution in [0.1, 0.15) is 0 Å². The summed E-state index contributed by atoms with van der Waals surface area (Å²) in [7, 11) is -1.66. The summed E-state index contributed by atoms with van der Waals surface area (Å²) >= 11 is 0. The third-order valence-electron chi connectivity index (χ3n) is 1.81. The van der Waals surface area contributed by atoms with Crippen molar-refractivity contribution in [3.63, 3.8) is 0 Å². The third-order valence-corrected chi connectivity index (χ3v) is 3.16. The molecule has 1 aromatic rings. The van der Waals surface area contributed by atoms with E-state index in [2.05, 4.69) is 5.32 Å². The molecule has 0 saturated carbocycles. The quantitative estimate of drug-likeness (QED) is 0.766. The Bertz CT molecular complexity index is 398. The maximum absolute atomic E-state index is 13.2. The summed E-state index contributed by atoms with van der Waals surface area (Å²) in [5.74, 6) is -1.21. The molecular weight excluding hydrogens is 231 g/mol. The van der Waals surface area contributed by atoms with E-state index in [0.29, 0.717) is 13.1 Å². The Labute approximate surface area is 95.5 Å². The fourth-order valence-corrected chi connectivity index (χ4v) is 2.10. The van der Waals surface area contributed by atoms with Crippen LogP contribution in [0.5, 0.6) is 0 Å². The van der Waals surface area contributed by atoms with Crippen LogP contribution < -0.4 is 11.1 Å². The SMILES string of the molecule is NCCNC(=O)CS(=O)c1ccccc1F. The predicted octanol–water partition coefficient (Wildman–Crippen LogP) is 0.00820. The molecule has 1 amide bonds. The molecule has 0 heterocycles. The van der Waals surface area contributed by atoms with E-state index in [9.17, 15) is 13.4 Å². The molecule has 1 unspecified atom stereocenters. The molecule has 1 aromatic carbocycles. The van der Waals surface area contributed by atoms with Gasteiger partial charge in [-0.25, -0.2) is 4.39 Å². The zero-order valence-electron chi connectivity index (χ0n) is 8.61. The van der Waals surface area contributed by atoms with Crippen molar-refractivity contribution >= 4 is 16.7 Å². The van der Waals surface area contributed by atoms with E-state index in [4.69, 9.17) is 5.73 Å². The first-order valence-electron chi connectivity index (χ1n) is 4.75. The molecule has 0 spiro atoms. The lowest BCUT2D eigenvalue weighted by Gasteiger charge is -2.04. The minimum absolute atomic E-state index is 0.0467. The van der Waals surface area contributed by atoms with Crippen LogP contribution in [0.4, 0.5) is 4.39 Å². The van der Waals surface area contributed by atoms with Crippen molar-refractivity contribution in [2.24, 2.45) is 5.73 Å². The van der Waals surface area contributed by atoms with Crippen LogP contribution >= 0.6 is 0 Å². The Hall–Kier alpha value is -1.27. The lowest BCUT2D eigenvalue weighted by molar-refractivity contribution is -0.118. The maximum Gasteiger partial charge on any atom is 0.233 e. The molecule has 1 rings (SSSR count). The lowest BCUT2D eigenvalue weighted by atomic mass is 10.3. The number of amides is 1. The van der Waals surface area contributed by atoms with E-state index >= 15 is 0 Å². The molecule has 6 heteroatoms. The predicted molar refractivity (Wildman–Crippen MR) is 59.7 cm³/mol. The smallest absolute Gasteiger partial charge is 0.233 e. The highest BCUT2D eigenvalue weighted by atomic mass is 32.2. The Kier molecular flexibility index (Phi) is 5.07. The number of rotatable bonds is 5. The van der Waals surface area contributed by atoms with Gasteiger partial charge in [-0.1, -0.05) is 12.1 Å². The van der Waals surface area contributed by atoms with Gasteiger partial charge in [0.05, 0.1) is 15.7 Å². The van der Waals surface area contributed by atoms with E-state index < -0.39 is 22.5 Å². The Morgan fingerprint density at radius 1 is 1.44 bits per heavy atom. The largest absolute Gasteiger partial charge is 0.354 e. The van der Waals surface area contributed by atoms with Crippen LogP contribution in [0.15, 0.2) is 29.2 Å². The summed E-state index contributed by atoms with van der Waals surface area (Å²) in [6, 6.07) is 5.70. The van der Waals surface area contributed by atoms with Crippen LogP contribution in [0.2, 0.25) is 0 Å². The van der Waals surface area contributed by atoms with Crippen LogP contribution in [0.3, 0.4) is 0 Å². The minimum atomic E-state index is -1.66. The number of halogens is 1. The summed E-state index contributed by atoms with van der Waals surface area (Å²) in [4.78, 5) is 11.3. The first kappa shape index (κ1) is 12.8. The molecule has 16 heavy (non-hydrogen) atoms. The molecule has 0 aliphatic rings. The molecule has 1 atom stereocenters. The molecule has 0 bridgehead atoms. The second-order valence-corrected chi connectivity index (χ2v) is 4.48. The third kappa shape index (κ3) is 3.71. The first-order chi connectivity index (χ1) is 7.65. The molecule has 88 valence electrons. The number of hydrogen-bond donors (Lipinski definition) is 2. The van der Waals surface area contributed by atoms with E-state index in [0.717, 1.165) is 0 Å². The van der Waals surface area contributed by atoms with E-state index in [1.54, 1.807) is 6.07 Å². The highest BCUT2D eigenvalue weighted by Gasteiger charge is 2.12. The standard InChI is InChI=1S/C10H13FN2O2S/c11-8-3-1-2-4-9(8)16(15)7-10(14)13-6-5-12/h1-4H,5-7,12H2,(H,13,14). The van der Waals surface area contributed by atoms with Gasteiger partial charge >= 0.3 is 0 Å². The molecule has 0 aliphatic heterocycles. The molecule has 3 N–H and O–H groups in total. The van der Waals surface area contributed by atoms with E-state index in [-0.39, 0.29) is 10.6 Å². The number of benzene rings is 1. The van der Waals surface area contributed by atoms with Gasteiger partial charge in [0.15, 0.2) is 0 Å². The highest BCUT2D eigenvalue weighted by molar-refractivity contribution is 7.85. The van der Waals surface area contributed by atoms with Crippen molar-refractivity contribution in [3.05, 3.63) is 30.1 Å². The maximum atomic E-state index is 13.2. The van der Waals surface area contributed by atoms with Gasteiger partial charge < -0.3 is 11.1 Å². The average Bonchev–Trinajstić information content (AvgIpc) is 2.26. The van der Waals surface area contributed by atoms with Gasteiger partial charge in [-0.05, 0) is 12.1 Å².